The maximum Gasteiger partial charge on any atom is 0.287 e. The molecule has 0 bridgehead atoms. The highest BCUT2D eigenvalue weighted by atomic mass is 16.5. The molecular formula is C18H13N3O3. The van der Waals surface area contributed by atoms with Crippen molar-refractivity contribution in [2.45, 2.75) is 6.61 Å². The first kappa shape index (κ1) is 15.3. The summed E-state index contributed by atoms with van der Waals surface area (Å²) in [5.74, 6) is 0.00779. The van der Waals surface area contributed by atoms with Crippen LogP contribution in [0.25, 0.3) is 11.3 Å². The van der Waals surface area contributed by atoms with E-state index in [1.807, 2.05) is 18.2 Å². The molecule has 0 radical (unpaired) electrons. The number of rotatable bonds is 5. The standard InChI is InChI=1S/C18H13N3O3/c19-10-13-3-1-2-4-14(13)11-23-15-7-5-12(6-8-15)16-9-17(18(20)22)24-21-16/h1-9H,11H2,(H2,20,22). The van der Waals surface area contributed by atoms with Gasteiger partial charge in [0.25, 0.3) is 5.91 Å². The Labute approximate surface area is 138 Å². The number of nitriles is 1. The van der Waals surface area contributed by atoms with Crippen LogP contribution in [0.5, 0.6) is 5.75 Å². The Morgan fingerprint density at radius 3 is 2.62 bits per heavy atom. The van der Waals surface area contributed by atoms with Gasteiger partial charge in [0.15, 0.2) is 0 Å². The number of hydrogen-bond donors (Lipinski definition) is 1. The van der Waals surface area contributed by atoms with Gasteiger partial charge in [-0.1, -0.05) is 23.4 Å². The van der Waals surface area contributed by atoms with Crippen LogP contribution in [0.3, 0.4) is 0 Å². The molecule has 0 atom stereocenters. The zero-order valence-corrected chi connectivity index (χ0v) is 12.6. The maximum atomic E-state index is 11.0. The lowest BCUT2D eigenvalue weighted by Gasteiger charge is -2.08. The van der Waals surface area contributed by atoms with Gasteiger partial charge in [0.1, 0.15) is 18.1 Å². The molecule has 0 saturated carbocycles. The fourth-order valence-electron chi connectivity index (χ4n) is 2.17. The average molecular weight is 319 g/mol. The SMILES string of the molecule is N#Cc1ccccc1COc1ccc(-c2cc(C(N)=O)on2)cc1. The summed E-state index contributed by atoms with van der Waals surface area (Å²) in [6.45, 7) is 0.304. The fraction of sp³-hybridized carbons (Fsp3) is 0.0556. The largest absolute Gasteiger partial charge is 0.489 e. The molecule has 6 heteroatoms. The van der Waals surface area contributed by atoms with Gasteiger partial charge in [-0.3, -0.25) is 4.79 Å². The Morgan fingerprint density at radius 2 is 1.96 bits per heavy atom. The van der Waals surface area contributed by atoms with E-state index < -0.39 is 5.91 Å². The maximum absolute atomic E-state index is 11.0. The quantitative estimate of drug-likeness (QED) is 0.779. The predicted octanol–water partition coefficient (Wildman–Crippen LogP) is 2.89. The number of amides is 1. The predicted molar refractivity (Wildman–Crippen MR) is 85.9 cm³/mol. The van der Waals surface area contributed by atoms with E-state index in [9.17, 15) is 4.79 Å². The number of carbonyl (C=O) groups excluding carboxylic acids is 1. The van der Waals surface area contributed by atoms with E-state index in [2.05, 4.69) is 11.2 Å². The first-order valence-corrected chi connectivity index (χ1v) is 7.15. The summed E-state index contributed by atoms with van der Waals surface area (Å²) in [6, 6.07) is 18.1. The molecule has 3 aromatic rings. The number of benzene rings is 2. The van der Waals surface area contributed by atoms with E-state index >= 15 is 0 Å². The summed E-state index contributed by atoms with van der Waals surface area (Å²) in [7, 11) is 0. The van der Waals surface area contributed by atoms with Gasteiger partial charge in [-0.05, 0) is 30.3 Å². The van der Waals surface area contributed by atoms with Crippen LogP contribution in [0.2, 0.25) is 0 Å². The smallest absolute Gasteiger partial charge is 0.287 e. The van der Waals surface area contributed by atoms with Crippen molar-refractivity contribution in [3.63, 3.8) is 0 Å². The molecule has 2 N–H and O–H groups in total. The van der Waals surface area contributed by atoms with Crippen molar-refractivity contribution in [2.24, 2.45) is 5.73 Å². The minimum atomic E-state index is -0.662. The van der Waals surface area contributed by atoms with Gasteiger partial charge in [-0.25, -0.2) is 0 Å². The van der Waals surface area contributed by atoms with Gasteiger partial charge in [0.2, 0.25) is 5.76 Å². The number of nitrogens with zero attached hydrogens (tertiary/aromatic N) is 2. The third kappa shape index (κ3) is 3.25. The molecule has 6 nitrogen and oxygen atoms in total. The second-order valence-electron chi connectivity index (χ2n) is 5.02. The van der Waals surface area contributed by atoms with E-state index in [0.29, 0.717) is 23.6 Å². The van der Waals surface area contributed by atoms with Crippen molar-refractivity contribution in [2.75, 3.05) is 0 Å². The van der Waals surface area contributed by atoms with Crippen molar-refractivity contribution in [1.29, 1.82) is 5.26 Å². The highest BCUT2D eigenvalue weighted by Gasteiger charge is 2.10. The summed E-state index contributed by atoms with van der Waals surface area (Å²) in [4.78, 5) is 11.0. The molecule has 0 saturated heterocycles. The molecule has 118 valence electrons. The van der Waals surface area contributed by atoms with E-state index in [0.717, 1.165) is 11.1 Å². The average Bonchev–Trinajstić information content (AvgIpc) is 3.11. The van der Waals surface area contributed by atoms with E-state index in [-0.39, 0.29) is 5.76 Å². The van der Waals surface area contributed by atoms with Crippen molar-refractivity contribution in [1.82, 2.24) is 5.16 Å². The van der Waals surface area contributed by atoms with Gasteiger partial charge in [-0.15, -0.1) is 0 Å². The topological polar surface area (TPSA) is 102 Å². The Hall–Kier alpha value is -3.59. The minimum Gasteiger partial charge on any atom is -0.489 e. The van der Waals surface area contributed by atoms with E-state index in [4.69, 9.17) is 20.3 Å². The van der Waals surface area contributed by atoms with E-state index in [1.54, 1.807) is 30.3 Å². The van der Waals surface area contributed by atoms with Crippen LogP contribution < -0.4 is 10.5 Å². The molecule has 0 fully saturated rings. The van der Waals surface area contributed by atoms with E-state index in [1.165, 1.54) is 6.07 Å². The fourth-order valence-corrected chi connectivity index (χ4v) is 2.17. The second kappa shape index (κ2) is 6.67. The molecular weight excluding hydrogens is 306 g/mol. The molecule has 3 rings (SSSR count). The molecule has 0 spiro atoms. The summed E-state index contributed by atoms with van der Waals surface area (Å²) >= 11 is 0. The van der Waals surface area contributed by atoms with Crippen LogP contribution in [0.4, 0.5) is 0 Å². The van der Waals surface area contributed by atoms with Crippen LogP contribution in [-0.2, 0) is 6.61 Å². The van der Waals surface area contributed by atoms with Gasteiger partial charge in [-0.2, -0.15) is 5.26 Å². The van der Waals surface area contributed by atoms with Crippen molar-refractivity contribution < 1.29 is 14.1 Å². The molecule has 1 amide bonds. The van der Waals surface area contributed by atoms with Crippen LogP contribution >= 0.6 is 0 Å². The molecule has 0 unspecified atom stereocenters. The Morgan fingerprint density at radius 1 is 1.21 bits per heavy atom. The molecule has 0 aliphatic heterocycles. The number of carbonyl (C=O) groups is 1. The Bertz CT molecular complexity index is 908. The van der Waals surface area contributed by atoms with Crippen LogP contribution in [0.15, 0.2) is 59.1 Å². The highest BCUT2D eigenvalue weighted by Crippen LogP contribution is 2.23. The number of ether oxygens (including phenoxy) is 1. The van der Waals surface area contributed by atoms with Crippen LogP contribution in [0, 0.1) is 11.3 Å². The molecule has 24 heavy (non-hydrogen) atoms. The molecule has 0 aliphatic rings. The van der Waals surface area contributed by atoms with Gasteiger partial charge < -0.3 is 15.0 Å². The number of hydrogen-bond acceptors (Lipinski definition) is 5. The first-order valence-electron chi connectivity index (χ1n) is 7.15. The van der Waals surface area contributed by atoms with Crippen LogP contribution in [-0.4, -0.2) is 11.1 Å². The Kier molecular flexibility index (Phi) is 4.25. The van der Waals surface area contributed by atoms with Crippen molar-refractivity contribution in [3.05, 3.63) is 71.5 Å². The van der Waals surface area contributed by atoms with Gasteiger partial charge in [0.05, 0.1) is 11.6 Å². The van der Waals surface area contributed by atoms with Crippen molar-refractivity contribution in [3.8, 4) is 23.1 Å². The first-order chi connectivity index (χ1) is 11.7. The van der Waals surface area contributed by atoms with Gasteiger partial charge in [0, 0.05) is 17.2 Å². The summed E-state index contributed by atoms with van der Waals surface area (Å²) in [5.41, 5.74) is 7.84. The second-order valence-corrected chi connectivity index (χ2v) is 5.02. The molecule has 1 heterocycles. The number of aromatic nitrogens is 1. The lowest BCUT2D eigenvalue weighted by atomic mass is 10.1. The normalized spacial score (nSPS) is 10.1. The zero-order valence-electron chi connectivity index (χ0n) is 12.6. The highest BCUT2D eigenvalue weighted by molar-refractivity contribution is 5.90. The summed E-state index contributed by atoms with van der Waals surface area (Å²) < 4.78 is 10.6. The van der Waals surface area contributed by atoms with Crippen LogP contribution in [0.1, 0.15) is 21.7 Å². The zero-order chi connectivity index (χ0) is 16.9. The molecule has 1 aromatic heterocycles. The monoisotopic (exact) mass is 319 g/mol. The van der Waals surface area contributed by atoms with Crippen molar-refractivity contribution >= 4 is 5.91 Å². The minimum absolute atomic E-state index is 0.0124. The lowest BCUT2D eigenvalue weighted by molar-refractivity contribution is 0.0965. The lowest BCUT2D eigenvalue weighted by Crippen LogP contribution is -2.09. The van der Waals surface area contributed by atoms with Gasteiger partial charge >= 0.3 is 0 Å². The Balaban J connectivity index is 1.70. The summed E-state index contributed by atoms with van der Waals surface area (Å²) in [6.07, 6.45) is 0. The molecule has 2 aromatic carbocycles. The third-order valence-electron chi connectivity index (χ3n) is 3.44. The number of nitrogens with two attached hydrogens (primary N) is 1. The third-order valence-corrected chi connectivity index (χ3v) is 3.44. The number of primary amides is 1. The summed E-state index contributed by atoms with van der Waals surface area (Å²) in [5, 5.41) is 12.9. The molecule has 0 aliphatic carbocycles.